The maximum atomic E-state index is 11.5. The fourth-order valence-electron chi connectivity index (χ4n) is 0.599. The Bertz CT molecular complexity index is 246. The molecule has 0 spiro atoms. The van der Waals surface area contributed by atoms with E-state index in [1.165, 1.54) is 12.3 Å². The Morgan fingerprint density at radius 2 is 2.30 bits per heavy atom. The van der Waals surface area contributed by atoms with Crippen LogP contribution in [0.5, 0.6) is 0 Å². The summed E-state index contributed by atoms with van der Waals surface area (Å²) in [5, 5.41) is 0. The Hall–Kier alpha value is -1.12. The van der Waals surface area contributed by atoms with Crippen LogP contribution in [0.3, 0.4) is 0 Å². The van der Waals surface area contributed by atoms with Crippen LogP contribution in [0, 0.1) is 6.92 Å². The van der Waals surface area contributed by atoms with Gasteiger partial charge in [0.25, 0.3) is 6.08 Å². The van der Waals surface area contributed by atoms with E-state index in [-0.39, 0.29) is 0 Å². The Morgan fingerprint density at radius 1 is 1.60 bits per heavy atom. The quantitative estimate of drug-likeness (QED) is 0.589. The molecule has 1 heterocycles. The Labute approximate surface area is 57.0 Å². The molecule has 0 saturated carbocycles. The zero-order valence-corrected chi connectivity index (χ0v) is 5.10. The fraction of sp³-hybridized carbons (Fsp3) is 0. The number of furan rings is 1. The smallest absolute Gasteiger partial charge is 0.271 e. The Morgan fingerprint density at radius 3 is 2.70 bits per heavy atom. The molecule has 0 aliphatic rings. The van der Waals surface area contributed by atoms with Gasteiger partial charge in [-0.1, -0.05) is 0 Å². The molecule has 1 aromatic heterocycles. The van der Waals surface area contributed by atoms with Crippen molar-refractivity contribution in [3.63, 3.8) is 0 Å². The van der Waals surface area contributed by atoms with Gasteiger partial charge < -0.3 is 4.42 Å². The van der Waals surface area contributed by atoms with Crippen molar-refractivity contribution >= 4 is 6.08 Å². The number of halogens is 2. The van der Waals surface area contributed by atoms with Crippen LogP contribution >= 0.6 is 0 Å². The third kappa shape index (κ3) is 1.69. The molecule has 0 aliphatic carbocycles. The minimum absolute atomic E-state index is 0.338. The molecule has 1 rings (SSSR count). The van der Waals surface area contributed by atoms with Crippen LogP contribution in [0.2, 0.25) is 0 Å². The number of hydrogen-bond donors (Lipinski definition) is 0. The molecule has 0 aromatic carbocycles. The van der Waals surface area contributed by atoms with Gasteiger partial charge in [0.15, 0.2) is 0 Å². The van der Waals surface area contributed by atoms with Gasteiger partial charge in [-0.25, -0.2) is 0 Å². The second-order valence-electron chi connectivity index (χ2n) is 1.78. The van der Waals surface area contributed by atoms with E-state index in [0.29, 0.717) is 11.3 Å². The van der Waals surface area contributed by atoms with Gasteiger partial charge in [-0.15, -0.1) is 0 Å². The van der Waals surface area contributed by atoms with E-state index in [2.05, 4.69) is 11.3 Å². The second kappa shape index (κ2) is 2.64. The molecule has 10 heavy (non-hydrogen) atoms. The predicted molar refractivity (Wildman–Crippen MR) is 33.4 cm³/mol. The molecule has 0 aliphatic heterocycles. The van der Waals surface area contributed by atoms with Crippen molar-refractivity contribution in [2.24, 2.45) is 0 Å². The summed E-state index contributed by atoms with van der Waals surface area (Å²) in [6.45, 7) is 3.41. The maximum absolute atomic E-state index is 11.5. The van der Waals surface area contributed by atoms with Gasteiger partial charge in [0.05, 0.1) is 6.26 Å². The molecule has 1 radical (unpaired) electrons. The highest BCUT2D eigenvalue weighted by Crippen LogP contribution is 2.11. The van der Waals surface area contributed by atoms with Gasteiger partial charge in [-0.3, -0.25) is 0 Å². The van der Waals surface area contributed by atoms with Crippen molar-refractivity contribution in [2.75, 3.05) is 0 Å². The average molecular weight is 143 g/mol. The summed E-state index contributed by atoms with van der Waals surface area (Å²) in [5.74, 6) is 0.382. The van der Waals surface area contributed by atoms with Gasteiger partial charge in [-0.05, 0) is 6.07 Å². The third-order valence-electron chi connectivity index (χ3n) is 0.950. The zero-order valence-electron chi connectivity index (χ0n) is 5.10. The molecular formula is C7H5F2O. The molecule has 53 valence electrons. The van der Waals surface area contributed by atoms with Crippen molar-refractivity contribution < 1.29 is 13.2 Å². The van der Waals surface area contributed by atoms with E-state index in [0.717, 1.165) is 6.08 Å². The topological polar surface area (TPSA) is 13.1 Å². The van der Waals surface area contributed by atoms with Gasteiger partial charge in [0, 0.05) is 18.6 Å². The molecule has 1 aromatic rings. The van der Waals surface area contributed by atoms with Crippen molar-refractivity contribution in [2.45, 2.75) is 0 Å². The summed E-state index contributed by atoms with van der Waals surface area (Å²) in [4.78, 5) is 0. The van der Waals surface area contributed by atoms with Crippen LogP contribution in [0.15, 0.2) is 22.8 Å². The summed E-state index contributed by atoms with van der Waals surface area (Å²) >= 11 is 0. The first kappa shape index (κ1) is 6.99. The normalized spacial score (nSPS) is 9.50. The lowest BCUT2D eigenvalue weighted by atomic mass is 10.3. The summed E-state index contributed by atoms with van der Waals surface area (Å²) in [6, 6.07) is 1.43. The summed E-state index contributed by atoms with van der Waals surface area (Å²) in [7, 11) is 0. The van der Waals surface area contributed by atoms with Crippen LogP contribution in [0.4, 0.5) is 8.78 Å². The highest BCUT2D eigenvalue weighted by atomic mass is 19.3. The van der Waals surface area contributed by atoms with Gasteiger partial charge in [0.2, 0.25) is 0 Å². The SMILES string of the molecule is [CH2]c1cc(C=C(F)F)co1. The van der Waals surface area contributed by atoms with Crippen LogP contribution in [0.25, 0.3) is 6.08 Å². The minimum atomic E-state index is -1.74. The minimum Gasteiger partial charge on any atom is -0.469 e. The molecule has 0 atom stereocenters. The van der Waals surface area contributed by atoms with Crippen molar-refractivity contribution in [1.29, 1.82) is 0 Å². The lowest BCUT2D eigenvalue weighted by molar-refractivity contribution is 0.429. The maximum Gasteiger partial charge on any atom is 0.271 e. The van der Waals surface area contributed by atoms with E-state index in [4.69, 9.17) is 0 Å². The average Bonchev–Trinajstić information content (AvgIpc) is 2.13. The summed E-state index contributed by atoms with van der Waals surface area (Å²) < 4.78 is 27.7. The van der Waals surface area contributed by atoms with Crippen LogP contribution in [-0.2, 0) is 0 Å². The van der Waals surface area contributed by atoms with Gasteiger partial charge in [0.1, 0.15) is 5.76 Å². The van der Waals surface area contributed by atoms with Crippen LogP contribution < -0.4 is 0 Å². The molecule has 0 bridgehead atoms. The van der Waals surface area contributed by atoms with Gasteiger partial charge in [-0.2, -0.15) is 8.78 Å². The van der Waals surface area contributed by atoms with Crippen molar-refractivity contribution in [3.05, 3.63) is 36.7 Å². The fourth-order valence-corrected chi connectivity index (χ4v) is 0.599. The molecule has 1 nitrogen and oxygen atoms in total. The summed E-state index contributed by atoms with van der Waals surface area (Å²) in [6.07, 6.45) is 0.209. The van der Waals surface area contributed by atoms with E-state index < -0.39 is 6.08 Å². The van der Waals surface area contributed by atoms with E-state index in [1.54, 1.807) is 0 Å². The van der Waals surface area contributed by atoms with Gasteiger partial charge >= 0.3 is 0 Å². The molecule has 0 unspecified atom stereocenters. The highest BCUT2D eigenvalue weighted by molar-refractivity contribution is 5.48. The van der Waals surface area contributed by atoms with Crippen LogP contribution in [0.1, 0.15) is 11.3 Å². The molecule has 0 saturated heterocycles. The molecule has 0 N–H and O–H groups in total. The largest absolute Gasteiger partial charge is 0.469 e. The Balaban J connectivity index is 2.86. The molecule has 0 fully saturated rings. The third-order valence-corrected chi connectivity index (χ3v) is 0.950. The second-order valence-corrected chi connectivity index (χ2v) is 1.78. The first-order valence-electron chi connectivity index (χ1n) is 2.61. The summed E-state index contributed by atoms with van der Waals surface area (Å²) in [5.41, 5.74) is 0.338. The number of rotatable bonds is 1. The molecule has 0 amide bonds. The predicted octanol–water partition coefficient (Wildman–Crippen LogP) is 2.70. The van der Waals surface area contributed by atoms with E-state index in [1.807, 2.05) is 0 Å². The van der Waals surface area contributed by atoms with Crippen LogP contribution in [-0.4, -0.2) is 0 Å². The first-order valence-corrected chi connectivity index (χ1v) is 2.61. The number of hydrogen-bond acceptors (Lipinski definition) is 1. The van der Waals surface area contributed by atoms with E-state index in [9.17, 15) is 8.78 Å². The zero-order chi connectivity index (χ0) is 7.56. The van der Waals surface area contributed by atoms with Crippen molar-refractivity contribution in [3.8, 4) is 0 Å². The lowest BCUT2D eigenvalue weighted by Crippen LogP contribution is -1.61. The molecule has 3 heteroatoms. The first-order chi connectivity index (χ1) is 4.68. The Kier molecular flexibility index (Phi) is 1.85. The standard InChI is InChI=1S/C7H5F2O/c1-5-2-6(4-10-5)3-7(8)9/h2-4H,1H2. The highest BCUT2D eigenvalue weighted by Gasteiger charge is 1.95. The molecular weight excluding hydrogens is 138 g/mol. The van der Waals surface area contributed by atoms with Crippen molar-refractivity contribution in [1.82, 2.24) is 0 Å². The monoisotopic (exact) mass is 143 g/mol. The van der Waals surface area contributed by atoms with E-state index >= 15 is 0 Å². The lowest BCUT2D eigenvalue weighted by Gasteiger charge is -1.76.